The lowest BCUT2D eigenvalue weighted by molar-refractivity contribution is 0.0985. The fraction of sp³-hybridized carbons (Fsp3) is 0.500. The maximum absolute atomic E-state index is 11.8. The Hall–Kier alpha value is -1.15. The molecule has 1 aliphatic carbocycles. The van der Waals surface area contributed by atoms with E-state index >= 15 is 0 Å². The standard InChI is InChI=1S/C14H19NO/c1-10-3-2-4-11-5-6-12(9-13(10)11)14(16)7-8-15/h5-6,9-10H,2-4,7-8,15H2,1H3. The van der Waals surface area contributed by atoms with Crippen molar-refractivity contribution in [3.8, 4) is 0 Å². The van der Waals surface area contributed by atoms with E-state index < -0.39 is 0 Å². The van der Waals surface area contributed by atoms with Crippen LogP contribution in [-0.2, 0) is 6.42 Å². The Labute approximate surface area is 96.8 Å². The normalized spacial score (nSPS) is 19.2. The van der Waals surface area contributed by atoms with Crippen molar-refractivity contribution in [2.45, 2.75) is 38.5 Å². The van der Waals surface area contributed by atoms with E-state index in [9.17, 15) is 4.79 Å². The summed E-state index contributed by atoms with van der Waals surface area (Å²) >= 11 is 0. The molecule has 0 aliphatic heterocycles. The van der Waals surface area contributed by atoms with E-state index in [2.05, 4.69) is 19.1 Å². The van der Waals surface area contributed by atoms with Crippen LogP contribution in [-0.4, -0.2) is 12.3 Å². The number of benzene rings is 1. The van der Waals surface area contributed by atoms with Gasteiger partial charge < -0.3 is 5.73 Å². The summed E-state index contributed by atoms with van der Waals surface area (Å²) < 4.78 is 0. The lowest BCUT2D eigenvalue weighted by Crippen LogP contribution is -2.11. The van der Waals surface area contributed by atoms with Crippen LogP contribution in [0.1, 0.15) is 53.6 Å². The zero-order valence-electron chi connectivity index (χ0n) is 9.83. The topological polar surface area (TPSA) is 43.1 Å². The van der Waals surface area contributed by atoms with Crippen molar-refractivity contribution in [3.63, 3.8) is 0 Å². The van der Waals surface area contributed by atoms with Gasteiger partial charge in [0.2, 0.25) is 0 Å². The lowest BCUT2D eigenvalue weighted by Gasteiger charge is -2.22. The molecule has 1 atom stereocenters. The molecule has 2 heteroatoms. The first-order chi connectivity index (χ1) is 7.72. The first-order valence-corrected chi connectivity index (χ1v) is 6.08. The second kappa shape index (κ2) is 4.79. The van der Waals surface area contributed by atoms with Crippen LogP contribution in [0.5, 0.6) is 0 Å². The zero-order chi connectivity index (χ0) is 11.5. The summed E-state index contributed by atoms with van der Waals surface area (Å²) in [6.45, 7) is 2.68. The van der Waals surface area contributed by atoms with Gasteiger partial charge in [-0.3, -0.25) is 4.79 Å². The molecule has 1 unspecified atom stereocenters. The van der Waals surface area contributed by atoms with Crippen LogP contribution in [0, 0.1) is 0 Å². The summed E-state index contributed by atoms with van der Waals surface area (Å²) in [7, 11) is 0. The Morgan fingerprint density at radius 3 is 3.06 bits per heavy atom. The van der Waals surface area contributed by atoms with Gasteiger partial charge in [0, 0.05) is 12.0 Å². The van der Waals surface area contributed by atoms with E-state index in [4.69, 9.17) is 5.73 Å². The van der Waals surface area contributed by atoms with E-state index in [0.29, 0.717) is 18.9 Å². The molecule has 0 saturated heterocycles. The largest absolute Gasteiger partial charge is 0.330 e. The highest BCUT2D eigenvalue weighted by molar-refractivity contribution is 5.96. The van der Waals surface area contributed by atoms with Gasteiger partial charge in [0.15, 0.2) is 5.78 Å². The summed E-state index contributed by atoms with van der Waals surface area (Å²) in [4.78, 5) is 11.8. The monoisotopic (exact) mass is 217 g/mol. The minimum Gasteiger partial charge on any atom is -0.330 e. The van der Waals surface area contributed by atoms with Gasteiger partial charge in [0.1, 0.15) is 0 Å². The Morgan fingerprint density at radius 1 is 1.50 bits per heavy atom. The molecule has 0 spiro atoms. The Kier molecular flexibility index (Phi) is 3.39. The van der Waals surface area contributed by atoms with Crippen LogP contribution in [0.3, 0.4) is 0 Å². The maximum atomic E-state index is 11.8. The predicted molar refractivity (Wildman–Crippen MR) is 65.8 cm³/mol. The number of nitrogens with two attached hydrogens (primary N) is 1. The van der Waals surface area contributed by atoms with E-state index in [-0.39, 0.29) is 5.78 Å². The smallest absolute Gasteiger partial charge is 0.164 e. The molecule has 1 aromatic rings. The molecule has 0 amide bonds. The van der Waals surface area contributed by atoms with Gasteiger partial charge in [-0.15, -0.1) is 0 Å². The van der Waals surface area contributed by atoms with Crippen molar-refractivity contribution in [1.82, 2.24) is 0 Å². The minimum absolute atomic E-state index is 0.170. The molecule has 0 fully saturated rings. The zero-order valence-corrected chi connectivity index (χ0v) is 9.83. The van der Waals surface area contributed by atoms with Crippen molar-refractivity contribution < 1.29 is 4.79 Å². The minimum atomic E-state index is 0.170. The van der Waals surface area contributed by atoms with Gasteiger partial charge in [-0.05, 0) is 48.9 Å². The SMILES string of the molecule is CC1CCCc2ccc(C(=O)CCN)cc21. The average Bonchev–Trinajstić information content (AvgIpc) is 2.29. The predicted octanol–water partition coefficient (Wildman–Crippen LogP) is 2.66. The highest BCUT2D eigenvalue weighted by Crippen LogP contribution is 2.31. The molecule has 0 radical (unpaired) electrons. The van der Waals surface area contributed by atoms with Crippen molar-refractivity contribution in [2.75, 3.05) is 6.54 Å². The number of fused-ring (bicyclic) bond motifs is 1. The van der Waals surface area contributed by atoms with E-state index in [0.717, 1.165) is 12.0 Å². The Bertz CT molecular complexity index is 398. The Morgan fingerprint density at radius 2 is 2.31 bits per heavy atom. The van der Waals surface area contributed by atoms with Crippen LogP contribution in [0.4, 0.5) is 0 Å². The molecule has 0 heterocycles. The summed E-state index contributed by atoms with van der Waals surface area (Å²) in [5.74, 6) is 0.762. The molecule has 2 nitrogen and oxygen atoms in total. The number of rotatable bonds is 3. The second-order valence-corrected chi connectivity index (χ2v) is 4.67. The van der Waals surface area contributed by atoms with Gasteiger partial charge in [-0.1, -0.05) is 19.1 Å². The number of carbonyl (C=O) groups excluding carboxylic acids is 1. The first-order valence-electron chi connectivity index (χ1n) is 6.08. The number of hydrogen-bond donors (Lipinski definition) is 1. The first kappa shape index (κ1) is 11.3. The molecule has 1 aromatic carbocycles. The molecular weight excluding hydrogens is 198 g/mol. The molecule has 86 valence electrons. The van der Waals surface area contributed by atoms with Crippen LogP contribution in [0.15, 0.2) is 18.2 Å². The van der Waals surface area contributed by atoms with Gasteiger partial charge in [0.05, 0.1) is 0 Å². The summed E-state index contributed by atoms with van der Waals surface area (Å²) in [6.07, 6.45) is 4.12. The third-order valence-electron chi connectivity index (χ3n) is 3.45. The average molecular weight is 217 g/mol. The van der Waals surface area contributed by atoms with Crippen LogP contribution < -0.4 is 5.73 Å². The molecule has 2 N–H and O–H groups in total. The van der Waals surface area contributed by atoms with Gasteiger partial charge in [-0.2, -0.15) is 0 Å². The summed E-state index contributed by atoms with van der Waals surface area (Å²) in [6, 6.07) is 6.15. The summed E-state index contributed by atoms with van der Waals surface area (Å²) in [5, 5.41) is 0. The third kappa shape index (κ3) is 2.17. The van der Waals surface area contributed by atoms with Gasteiger partial charge >= 0.3 is 0 Å². The number of aryl methyl sites for hydroxylation is 1. The van der Waals surface area contributed by atoms with E-state index in [1.54, 1.807) is 0 Å². The quantitative estimate of drug-likeness (QED) is 0.791. The van der Waals surface area contributed by atoms with E-state index in [1.165, 1.54) is 24.0 Å². The highest BCUT2D eigenvalue weighted by Gasteiger charge is 2.17. The fourth-order valence-electron chi connectivity index (χ4n) is 2.48. The molecular formula is C14H19NO. The number of Topliss-reactive ketones (excluding diaryl/α,β-unsaturated/α-hetero) is 1. The third-order valence-corrected chi connectivity index (χ3v) is 3.45. The molecule has 2 rings (SSSR count). The number of carbonyl (C=O) groups is 1. The molecule has 0 bridgehead atoms. The van der Waals surface area contributed by atoms with E-state index in [1.807, 2.05) is 6.07 Å². The van der Waals surface area contributed by atoms with Crippen molar-refractivity contribution in [2.24, 2.45) is 5.73 Å². The summed E-state index contributed by atoms with van der Waals surface area (Å²) in [5.41, 5.74) is 9.03. The van der Waals surface area contributed by atoms with Crippen molar-refractivity contribution >= 4 is 5.78 Å². The van der Waals surface area contributed by atoms with Crippen LogP contribution in [0.2, 0.25) is 0 Å². The van der Waals surface area contributed by atoms with Crippen LogP contribution in [0.25, 0.3) is 0 Å². The van der Waals surface area contributed by atoms with Crippen molar-refractivity contribution in [1.29, 1.82) is 0 Å². The molecule has 1 aliphatic rings. The van der Waals surface area contributed by atoms with Crippen molar-refractivity contribution in [3.05, 3.63) is 34.9 Å². The number of ketones is 1. The Balaban J connectivity index is 2.30. The number of hydrogen-bond acceptors (Lipinski definition) is 2. The van der Waals surface area contributed by atoms with Gasteiger partial charge in [0.25, 0.3) is 0 Å². The fourth-order valence-corrected chi connectivity index (χ4v) is 2.48. The molecule has 16 heavy (non-hydrogen) atoms. The van der Waals surface area contributed by atoms with Gasteiger partial charge in [-0.25, -0.2) is 0 Å². The highest BCUT2D eigenvalue weighted by atomic mass is 16.1. The maximum Gasteiger partial charge on any atom is 0.164 e. The van der Waals surface area contributed by atoms with Crippen LogP contribution >= 0.6 is 0 Å². The lowest BCUT2D eigenvalue weighted by atomic mass is 9.82. The molecule has 0 saturated carbocycles. The second-order valence-electron chi connectivity index (χ2n) is 4.67. The molecule has 0 aromatic heterocycles.